The molecule has 0 saturated carbocycles. The van der Waals surface area contributed by atoms with Crippen molar-refractivity contribution in [1.82, 2.24) is 9.97 Å². The van der Waals surface area contributed by atoms with Gasteiger partial charge in [-0.3, -0.25) is 0 Å². The second-order valence-corrected chi connectivity index (χ2v) is 5.41. The van der Waals surface area contributed by atoms with Crippen LogP contribution in [0.25, 0.3) is 0 Å². The van der Waals surface area contributed by atoms with Gasteiger partial charge in [0, 0.05) is 4.88 Å². The number of aromatic nitrogens is 2. The first-order chi connectivity index (χ1) is 9.85. The Morgan fingerprint density at radius 1 is 1.33 bits per heavy atom. The number of thiazole rings is 1. The van der Waals surface area contributed by atoms with Gasteiger partial charge in [0.25, 0.3) is 0 Å². The Morgan fingerprint density at radius 3 is 2.57 bits per heavy atom. The maximum atomic E-state index is 12.7. The normalized spacial score (nSPS) is 11.2. The van der Waals surface area contributed by atoms with Crippen LogP contribution in [0.15, 0.2) is 12.1 Å². The summed E-state index contributed by atoms with van der Waals surface area (Å²) in [6.07, 6.45) is -3.83. The molecule has 0 aromatic carbocycles. The minimum atomic E-state index is -4.56. The summed E-state index contributed by atoms with van der Waals surface area (Å²) in [5.74, 6) is -0.135. The van der Waals surface area contributed by atoms with Crippen molar-refractivity contribution in [1.29, 1.82) is 5.26 Å². The number of hydrogen-bond acceptors (Lipinski definition) is 5. The van der Waals surface area contributed by atoms with E-state index in [-0.39, 0.29) is 11.4 Å². The van der Waals surface area contributed by atoms with Gasteiger partial charge < -0.3 is 5.32 Å². The summed E-state index contributed by atoms with van der Waals surface area (Å²) in [5, 5.41) is 12.1. The molecular weight excluding hydrogens is 301 g/mol. The predicted molar refractivity (Wildman–Crippen MR) is 73.5 cm³/mol. The largest absolute Gasteiger partial charge is 0.433 e. The fourth-order valence-electron chi connectivity index (χ4n) is 1.71. The van der Waals surface area contributed by atoms with E-state index >= 15 is 0 Å². The van der Waals surface area contributed by atoms with Crippen molar-refractivity contribution in [2.45, 2.75) is 26.4 Å². The molecule has 21 heavy (non-hydrogen) atoms. The predicted octanol–water partition coefficient (Wildman–Crippen LogP) is 4.04. The minimum Gasteiger partial charge on any atom is -0.315 e. The summed E-state index contributed by atoms with van der Waals surface area (Å²) in [4.78, 5) is 8.73. The van der Waals surface area contributed by atoms with Crippen LogP contribution in [0.5, 0.6) is 0 Å². The molecule has 4 nitrogen and oxygen atoms in total. The molecule has 2 aromatic rings. The number of halogens is 3. The molecule has 0 aliphatic heterocycles. The highest BCUT2D eigenvalue weighted by Crippen LogP contribution is 2.31. The fraction of sp³-hybridized carbons (Fsp3) is 0.308. The zero-order chi connectivity index (χ0) is 15.6. The quantitative estimate of drug-likeness (QED) is 0.929. The van der Waals surface area contributed by atoms with E-state index in [2.05, 4.69) is 15.3 Å². The minimum absolute atomic E-state index is 0.0360. The SMILES string of the molecule is CCc1nc(Nc2nc(C(F)(F)F)ccc2C#N)sc1C. The Balaban J connectivity index is 2.39. The van der Waals surface area contributed by atoms with Gasteiger partial charge in [-0.05, 0) is 25.5 Å². The number of hydrogen-bond donors (Lipinski definition) is 1. The summed E-state index contributed by atoms with van der Waals surface area (Å²) < 4.78 is 38.0. The third kappa shape index (κ3) is 3.31. The molecule has 0 unspecified atom stereocenters. The van der Waals surface area contributed by atoms with Crippen molar-refractivity contribution in [2.75, 3.05) is 5.32 Å². The number of nitrogens with zero attached hydrogens (tertiary/aromatic N) is 3. The van der Waals surface area contributed by atoms with Gasteiger partial charge in [0.1, 0.15) is 11.8 Å². The Labute approximate surface area is 123 Å². The smallest absolute Gasteiger partial charge is 0.315 e. The van der Waals surface area contributed by atoms with Gasteiger partial charge in [-0.15, -0.1) is 11.3 Å². The van der Waals surface area contributed by atoms with Crippen LogP contribution in [0.1, 0.15) is 28.8 Å². The van der Waals surface area contributed by atoms with Crippen molar-refractivity contribution in [3.05, 3.63) is 34.0 Å². The van der Waals surface area contributed by atoms with E-state index in [1.165, 1.54) is 11.3 Å². The van der Waals surface area contributed by atoms with Gasteiger partial charge in [0.2, 0.25) is 0 Å². The van der Waals surface area contributed by atoms with Crippen LogP contribution < -0.4 is 5.32 Å². The lowest BCUT2D eigenvalue weighted by Crippen LogP contribution is -2.10. The van der Waals surface area contributed by atoms with Crippen LogP contribution in [0.3, 0.4) is 0 Å². The number of pyridine rings is 1. The lowest BCUT2D eigenvalue weighted by Gasteiger charge is -2.09. The van der Waals surface area contributed by atoms with Gasteiger partial charge in [-0.25, -0.2) is 9.97 Å². The van der Waals surface area contributed by atoms with Gasteiger partial charge in [-0.2, -0.15) is 18.4 Å². The van der Waals surface area contributed by atoms with Gasteiger partial charge >= 0.3 is 6.18 Å². The number of nitriles is 1. The van der Waals surface area contributed by atoms with Gasteiger partial charge in [0.15, 0.2) is 10.9 Å². The van der Waals surface area contributed by atoms with E-state index in [1.807, 2.05) is 19.9 Å². The molecule has 8 heteroatoms. The highest BCUT2D eigenvalue weighted by Gasteiger charge is 2.33. The fourth-order valence-corrected chi connectivity index (χ4v) is 2.61. The number of nitrogens with one attached hydrogen (secondary N) is 1. The Bertz CT molecular complexity index is 700. The molecule has 0 fully saturated rings. The van der Waals surface area contributed by atoms with Crippen molar-refractivity contribution in [3.8, 4) is 6.07 Å². The van der Waals surface area contributed by atoms with E-state index in [1.54, 1.807) is 0 Å². The Hall–Kier alpha value is -2.14. The van der Waals surface area contributed by atoms with Crippen molar-refractivity contribution < 1.29 is 13.2 Å². The Morgan fingerprint density at radius 2 is 2.05 bits per heavy atom. The molecule has 110 valence electrons. The van der Waals surface area contributed by atoms with Crippen molar-refractivity contribution in [3.63, 3.8) is 0 Å². The van der Waals surface area contributed by atoms with Crippen LogP contribution in [0.2, 0.25) is 0 Å². The molecule has 1 N–H and O–H groups in total. The maximum absolute atomic E-state index is 12.7. The molecule has 0 radical (unpaired) electrons. The molecule has 2 aromatic heterocycles. The molecular formula is C13H11F3N4S. The number of rotatable bonds is 3. The van der Waals surface area contributed by atoms with Crippen LogP contribution in [0, 0.1) is 18.3 Å². The standard InChI is InChI=1S/C13H11F3N4S/c1-3-9-7(2)21-12(18-9)20-11-8(6-17)4-5-10(19-11)13(14,15)16/h4-5H,3H2,1-2H3,(H,18,19,20). The summed E-state index contributed by atoms with van der Waals surface area (Å²) in [7, 11) is 0. The first-order valence-corrected chi connectivity index (χ1v) is 6.88. The lowest BCUT2D eigenvalue weighted by atomic mass is 10.2. The second kappa shape index (κ2) is 5.69. The number of aryl methyl sites for hydroxylation is 2. The van der Waals surface area contributed by atoms with E-state index in [9.17, 15) is 13.2 Å². The third-order valence-electron chi connectivity index (χ3n) is 2.76. The molecule has 0 aliphatic rings. The van der Waals surface area contributed by atoms with Crippen molar-refractivity contribution >= 4 is 22.3 Å². The van der Waals surface area contributed by atoms with E-state index in [0.29, 0.717) is 5.13 Å². The van der Waals surface area contributed by atoms with Crippen LogP contribution in [0.4, 0.5) is 24.1 Å². The first-order valence-electron chi connectivity index (χ1n) is 6.06. The summed E-state index contributed by atoms with van der Waals surface area (Å²) in [6, 6.07) is 3.70. The van der Waals surface area contributed by atoms with Gasteiger partial charge in [-0.1, -0.05) is 6.92 Å². The molecule has 0 spiro atoms. The first kappa shape index (κ1) is 15.3. The van der Waals surface area contributed by atoms with Gasteiger partial charge in [0.05, 0.1) is 11.3 Å². The summed E-state index contributed by atoms with van der Waals surface area (Å²) >= 11 is 1.31. The molecule has 0 aliphatic carbocycles. The topological polar surface area (TPSA) is 61.6 Å². The molecule has 2 rings (SSSR count). The monoisotopic (exact) mass is 312 g/mol. The van der Waals surface area contributed by atoms with E-state index in [0.717, 1.165) is 29.1 Å². The van der Waals surface area contributed by atoms with Crippen LogP contribution >= 0.6 is 11.3 Å². The van der Waals surface area contributed by atoms with Crippen molar-refractivity contribution in [2.24, 2.45) is 0 Å². The lowest BCUT2D eigenvalue weighted by molar-refractivity contribution is -0.141. The average molecular weight is 312 g/mol. The zero-order valence-corrected chi connectivity index (χ0v) is 12.1. The maximum Gasteiger partial charge on any atom is 0.433 e. The highest BCUT2D eigenvalue weighted by atomic mass is 32.1. The highest BCUT2D eigenvalue weighted by molar-refractivity contribution is 7.15. The molecule has 0 bridgehead atoms. The molecule has 0 amide bonds. The average Bonchev–Trinajstić information content (AvgIpc) is 2.77. The molecule has 0 saturated heterocycles. The molecule has 2 heterocycles. The summed E-state index contributed by atoms with van der Waals surface area (Å²) in [5.41, 5.74) is -0.144. The zero-order valence-electron chi connectivity index (χ0n) is 11.2. The second-order valence-electron chi connectivity index (χ2n) is 4.20. The van der Waals surface area contributed by atoms with Crippen LogP contribution in [-0.4, -0.2) is 9.97 Å². The van der Waals surface area contributed by atoms with Crippen LogP contribution in [-0.2, 0) is 12.6 Å². The van der Waals surface area contributed by atoms with E-state index < -0.39 is 11.9 Å². The Kier molecular flexibility index (Phi) is 4.14. The summed E-state index contributed by atoms with van der Waals surface area (Å²) in [6.45, 7) is 3.82. The number of anilines is 2. The third-order valence-corrected chi connectivity index (χ3v) is 3.69. The van der Waals surface area contributed by atoms with E-state index in [4.69, 9.17) is 5.26 Å². The molecule has 0 atom stereocenters. The number of alkyl halides is 3.